The maximum atomic E-state index is 13.4. The fourth-order valence-corrected chi connectivity index (χ4v) is 4.45. The van der Waals surface area contributed by atoms with E-state index >= 15 is 0 Å². The van der Waals surface area contributed by atoms with E-state index in [9.17, 15) is 14.4 Å². The second kappa shape index (κ2) is 10.3. The first-order valence-corrected chi connectivity index (χ1v) is 11.3. The van der Waals surface area contributed by atoms with Crippen LogP contribution in [0.3, 0.4) is 0 Å². The number of fused-ring (bicyclic) bond motifs is 1. The maximum Gasteiger partial charge on any atom is 0.342 e. The van der Waals surface area contributed by atoms with Crippen molar-refractivity contribution in [2.24, 2.45) is 16.4 Å². The third-order valence-electron chi connectivity index (χ3n) is 6.47. The van der Waals surface area contributed by atoms with Gasteiger partial charge in [-0.3, -0.25) is 14.4 Å². The van der Waals surface area contributed by atoms with Gasteiger partial charge in [0, 0.05) is 18.0 Å². The summed E-state index contributed by atoms with van der Waals surface area (Å²) in [5.41, 5.74) is 1.26. The van der Waals surface area contributed by atoms with E-state index in [1.165, 1.54) is 46.3 Å². The van der Waals surface area contributed by atoms with E-state index < -0.39 is 17.4 Å². The van der Waals surface area contributed by atoms with Gasteiger partial charge in [0.1, 0.15) is 12.3 Å². The van der Waals surface area contributed by atoms with Gasteiger partial charge >= 0.3 is 6.03 Å². The summed E-state index contributed by atoms with van der Waals surface area (Å²) in [6.45, 7) is 3.71. The molecule has 2 aliphatic rings. The minimum Gasteiger partial charge on any atom is -0.306 e. The Bertz CT molecular complexity index is 890. The Balaban J connectivity index is 1.84. The number of nitrogens with zero attached hydrogens (tertiary/aromatic N) is 3. The Morgan fingerprint density at radius 1 is 1.22 bits per heavy atom. The summed E-state index contributed by atoms with van der Waals surface area (Å²) in [7, 11) is 2.84. The van der Waals surface area contributed by atoms with Gasteiger partial charge in [0.2, 0.25) is 0 Å². The van der Waals surface area contributed by atoms with Crippen LogP contribution >= 0.6 is 0 Å². The van der Waals surface area contributed by atoms with Crippen LogP contribution in [0.2, 0.25) is 0 Å². The highest BCUT2D eigenvalue weighted by Crippen LogP contribution is 2.36. The predicted octanol–water partition coefficient (Wildman–Crippen LogP) is 4.21. The predicted molar refractivity (Wildman–Crippen MR) is 123 cm³/mol. The van der Waals surface area contributed by atoms with Crippen LogP contribution in [0.15, 0.2) is 29.4 Å². The van der Waals surface area contributed by atoms with Crippen molar-refractivity contribution in [3.05, 3.63) is 29.8 Å². The second-order valence-corrected chi connectivity index (χ2v) is 9.35. The van der Waals surface area contributed by atoms with Gasteiger partial charge in [-0.05, 0) is 18.4 Å². The zero-order valence-electron chi connectivity index (χ0n) is 19.5. The van der Waals surface area contributed by atoms with Gasteiger partial charge in [0.15, 0.2) is 0 Å². The van der Waals surface area contributed by atoms with E-state index in [0.717, 1.165) is 16.5 Å². The molecular formula is C24H34N4O4. The summed E-state index contributed by atoms with van der Waals surface area (Å²) >= 11 is 0. The molecule has 1 aliphatic carbocycles. The second-order valence-electron chi connectivity index (χ2n) is 9.35. The standard InChI is InChI=1S/C24H34N4O4/c1-24(2,15-17-10-6-5-7-11-17)21(29)14-20-18-12-8-9-13-19(18)25-23(31)28(26-20)16-22(30)27(3)32-4/h8-9,12-13,17H,5-7,10-11,14-16H2,1-4H3,(H,25,31). The van der Waals surface area contributed by atoms with Crippen LogP contribution in [-0.2, 0) is 14.4 Å². The number of urea groups is 1. The molecule has 1 heterocycles. The van der Waals surface area contributed by atoms with Crippen molar-refractivity contribution in [2.75, 3.05) is 26.0 Å². The van der Waals surface area contributed by atoms with E-state index in [-0.39, 0.29) is 18.7 Å². The molecule has 8 nitrogen and oxygen atoms in total. The third kappa shape index (κ3) is 5.73. The fraction of sp³-hybridized carbons (Fsp3) is 0.583. The Hall–Kier alpha value is -2.74. The summed E-state index contributed by atoms with van der Waals surface area (Å²) in [6.07, 6.45) is 7.08. The molecule has 0 radical (unpaired) electrons. The Labute approximate surface area is 189 Å². The first kappa shape index (κ1) is 23.9. The number of ketones is 1. The van der Waals surface area contributed by atoms with Crippen LogP contribution in [0.4, 0.5) is 10.5 Å². The van der Waals surface area contributed by atoms with Gasteiger partial charge in [-0.25, -0.2) is 14.9 Å². The van der Waals surface area contributed by atoms with Crippen molar-refractivity contribution in [1.82, 2.24) is 10.1 Å². The molecule has 1 aliphatic heterocycles. The normalized spacial score (nSPS) is 17.2. The van der Waals surface area contributed by atoms with E-state index in [4.69, 9.17) is 4.84 Å². The first-order valence-electron chi connectivity index (χ1n) is 11.3. The number of hydrogen-bond acceptors (Lipinski definition) is 5. The number of amides is 3. The molecule has 1 N–H and O–H groups in total. The fourth-order valence-electron chi connectivity index (χ4n) is 4.45. The molecule has 0 atom stereocenters. The molecule has 0 saturated heterocycles. The number of anilines is 1. The molecule has 3 amide bonds. The van der Waals surface area contributed by atoms with Crippen LogP contribution < -0.4 is 5.32 Å². The van der Waals surface area contributed by atoms with Crippen LogP contribution in [-0.4, -0.2) is 54.2 Å². The summed E-state index contributed by atoms with van der Waals surface area (Å²) in [5.74, 6) is 0.236. The van der Waals surface area contributed by atoms with Crippen LogP contribution in [0.5, 0.6) is 0 Å². The number of carbonyl (C=O) groups excluding carboxylic acids is 3. The molecule has 1 saturated carbocycles. The van der Waals surface area contributed by atoms with Crippen LogP contribution in [0, 0.1) is 11.3 Å². The summed E-state index contributed by atoms with van der Waals surface area (Å²) in [4.78, 5) is 43.4. The number of Topliss-reactive ketones (excluding diaryl/α,β-unsaturated/α-hetero) is 1. The monoisotopic (exact) mass is 442 g/mol. The number of hydrogen-bond donors (Lipinski definition) is 1. The number of nitrogens with one attached hydrogen (secondary N) is 1. The lowest BCUT2D eigenvalue weighted by Crippen LogP contribution is -2.40. The molecule has 1 fully saturated rings. The smallest absolute Gasteiger partial charge is 0.306 e. The van der Waals surface area contributed by atoms with Crippen molar-refractivity contribution in [3.63, 3.8) is 0 Å². The van der Waals surface area contributed by atoms with Gasteiger partial charge in [-0.1, -0.05) is 64.2 Å². The van der Waals surface area contributed by atoms with Gasteiger partial charge < -0.3 is 5.32 Å². The average molecular weight is 443 g/mol. The molecule has 8 heteroatoms. The number of likely N-dealkylation sites (N-methyl/N-ethyl adjacent to an activating group) is 1. The average Bonchev–Trinajstić information content (AvgIpc) is 2.90. The van der Waals surface area contributed by atoms with E-state index in [1.807, 2.05) is 32.0 Å². The highest BCUT2D eigenvalue weighted by molar-refractivity contribution is 6.17. The SMILES string of the molecule is CON(C)C(=O)CN1N=C(CC(=O)C(C)(C)CC2CCCCC2)c2ccccc2NC1=O. The topological polar surface area (TPSA) is 91.3 Å². The Morgan fingerprint density at radius 3 is 2.59 bits per heavy atom. The van der Waals surface area contributed by atoms with Crippen LogP contribution in [0.1, 0.15) is 64.4 Å². The third-order valence-corrected chi connectivity index (χ3v) is 6.47. The number of hydroxylamine groups is 2. The summed E-state index contributed by atoms with van der Waals surface area (Å²) < 4.78 is 0. The highest BCUT2D eigenvalue weighted by atomic mass is 16.7. The molecule has 0 unspecified atom stereocenters. The van der Waals surface area contributed by atoms with Crippen molar-refractivity contribution in [1.29, 1.82) is 0 Å². The Kier molecular flexibility index (Phi) is 7.66. The Morgan fingerprint density at radius 2 is 1.91 bits per heavy atom. The highest BCUT2D eigenvalue weighted by Gasteiger charge is 2.34. The summed E-state index contributed by atoms with van der Waals surface area (Å²) in [5, 5.41) is 9.37. The molecule has 0 spiro atoms. The molecular weight excluding hydrogens is 408 g/mol. The van der Waals surface area contributed by atoms with Crippen LogP contribution in [0.25, 0.3) is 0 Å². The van der Waals surface area contributed by atoms with Gasteiger partial charge in [-0.2, -0.15) is 5.10 Å². The minimum absolute atomic E-state index is 0.0891. The molecule has 0 aromatic heterocycles. The molecule has 1 aromatic rings. The first-order chi connectivity index (χ1) is 15.2. The lowest BCUT2D eigenvalue weighted by molar-refractivity contribution is -0.169. The van der Waals surface area contributed by atoms with E-state index in [2.05, 4.69) is 10.4 Å². The quantitative estimate of drug-likeness (QED) is 0.611. The minimum atomic E-state index is -0.529. The number of rotatable bonds is 8. The van der Waals surface area contributed by atoms with Gasteiger partial charge in [0.05, 0.1) is 24.9 Å². The number of hydrazone groups is 1. The van der Waals surface area contributed by atoms with Crippen molar-refractivity contribution in [2.45, 2.75) is 58.8 Å². The zero-order valence-corrected chi connectivity index (χ0v) is 19.5. The zero-order chi connectivity index (χ0) is 23.3. The molecule has 0 bridgehead atoms. The van der Waals surface area contributed by atoms with E-state index in [1.54, 1.807) is 6.07 Å². The lowest BCUT2D eigenvalue weighted by Gasteiger charge is -2.31. The lowest BCUT2D eigenvalue weighted by atomic mass is 9.73. The molecule has 174 valence electrons. The van der Waals surface area contributed by atoms with Gasteiger partial charge in [0.25, 0.3) is 5.91 Å². The molecule has 3 rings (SSSR count). The van der Waals surface area contributed by atoms with Crippen molar-refractivity contribution in [3.8, 4) is 0 Å². The van der Waals surface area contributed by atoms with Crippen molar-refractivity contribution < 1.29 is 19.2 Å². The molecule has 32 heavy (non-hydrogen) atoms. The number of para-hydroxylation sites is 1. The number of benzene rings is 1. The molecule has 1 aromatic carbocycles. The number of carbonyl (C=O) groups is 3. The van der Waals surface area contributed by atoms with E-state index in [0.29, 0.717) is 22.9 Å². The van der Waals surface area contributed by atoms with Gasteiger partial charge in [-0.15, -0.1) is 0 Å². The maximum absolute atomic E-state index is 13.4. The van der Waals surface area contributed by atoms with Crippen molar-refractivity contribution >= 4 is 29.1 Å². The largest absolute Gasteiger partial charge is 0.342 e. The summed E-state index contributed by atoms with van der Waals surface area (Å²) in [6, 6.07) is 6.73.